The molecule has 24 heavy (non-hydrogen) atoms. The highest BCUT2D eigenvalue weighted by molar-refractivity contribution is 9.10. The molecule has 0 aromatic carbocycles. The lowest BCUT2D eigenvalue weighted by Gasteiger charge is -2.10. The van der Waals surface area contributed by atoms with Crippen LogP contribution >= 0.6 is 27.3 Å². The van der Waals surface area contributed by atoms with E-state index in [4.69, 9.17) is 0 Å². The summed E-state index contributed by atoms with van der Waals surface area (Å²) in [4.78, 5) is 31.5. The van der Waals surface area contributed by atoms with Gasteiger partial charge in [0.05, 0.1) is 15.6 Å². The molecular formula is C15H16BrN5O2S. The van der Waals surface area contributed by atoms with Crippen LogP contribution in [0, 0.1) is 27.7 Å². The number of halogens is 1. The molecule has 7 nitrogen and oxygen atoms in total. The number of aromatic nitrogens is 4. The Kier molecular flexibility index (Phi) is 4.08. The molecule has 0 radical (unpaired) electrons. The Balaban J connectivity index is 2.10. The van der Waals surface area contributed by atoms with E-state index in [9.17, 15) is 9.59 Å². The normalized spacial score (nSPS) is 11.2. The molecule has 1 amide bonds. The largest absolute Gasteiger partial charge is 0.291 e. The lowest BCUT2D eigenvalue weighted by Crippen LogP contribution is -2.35. The van der Waals surface area contributed by atoms with Crippen LogP contribution in [-0.2, 0) is 7.05 Å². The fourth-order valence-corrected chi connectivity index (χ4v) is 3.99. The third-order valence-electron chi connectivity index (χ3n) is 4.06. The van der Waals surface area contributed by atoms with Crippen molar-refractivity contribution in [3.05, 3.63) is 42.5 Å². The van der Waals surface area contributed by atoms with Crippen molar-refractivity contribution in [2.45, 2.75) is 27.7 Å². The summed E-state index contributed by atoms with van der Waals surface area (Å²) >= 11 is 4.84. The van der Waals surface area contributed by atoms with Gasteiger partial charge in [-0.3, -0.25) is 19.7 Å². The first-order valence-corrected chi connectivity index (χ1v) is 8.83. The molecule has 9 heteroatoms. The van der Waals surface area contributed by atoms with Crippen LogP contribution in [0.5, 0.6) is 0 Å². The number of thiophene rings is 1. The summed E-state index contributed by atoms with van der Waals surface area (Å²) in [5, 5.41) is 4.71. The predicted octanol–water partition coefficient (Wildman–Crippen LogP) is 2.57. The topological polar surface area (TPSA) is 81.8 Å². The molecule has 0 atom stereocenters. The summed E-state index contributed by atoms with van der Waals surface area (Å²) < 4.78 is 3.38. The van der Waals surface area contributed by atoms with Gasteiger partial charge in [0.25, 0.3) is 11.5 Å². The van der Waals surface area contributed by atoms with Crippen molar-refractivity contribution in [2.24, 2.45) is 7.05 Å². The van der Waals surface area contributed by atoms with E-state index in [2.05, 4.69) is 31.4 Å². The van der Waals surface area contributed by atoms with Gasteiger partial charge in [-0.25, -0.2) is 9.66 Å². The molecule has 0 saturated carbocycles. The zero-order chi connectivity index (χ0) is 17.8. The van der Waals surface area contributed by atoms with Crippen LogP contribution < -0.4 is 11.0 Å². The summed E-state index contributed by atoms with van der Waals surface area (Å²) in [7, 11) is 1.75. The van der Waals surface area contributed by atoms with E-state index in [1.165, 1.54) is 16.0 Å². The minimum absolute atomic E-state index is 0.222. The molecule has 0 aliphatic carbocycles. The molecule has 1 N–H and O–H groups in total. The molecule has 3 rings (SSSR count). The van der Waals surface area contributed by atoms with Gasteiger partial charge in [-0.2, -0.15) is 5.10 Å². The molecule has 3 aromatic rings. The second kappa shape index (κ2) is 5.82. The molecule has 0 aliphatic heterocycles. The summed E-state index contributed by atoms with van der Waals surface area (Å²) in [6, 6.07) is 0. The number of carbonyl (C=O) groups is 1. The van der Waals surface area contributed by atoms with Crippen LogP contribution in [0.2, 0.25) is 0 Å². The number of fused-ring (bicyclic) bond motifs is 1. The molecule has 126 valence electrons. The summed E-state index contributed by atoms with van der Waals surface area (Å²) in [5.41, 5.74) is 4.26. The summed E-state index contributed by atoms with van der Waals surface area (Å²) in [6.07, 6.45) is 0. The second-order valence-corrected chi connectivity index (χ2v) is 7.57. The van der Waals surface area contributed by atoms with E-state index < -0.39 is 5.91 Å². The average Bonchev–Trinajstić information content (AvgIpc) is 2.94. The Labute approximate surface area is 150 Å². The molecule has 0 aliphatic rings. The lowest BCUT2D eigenvalue weighted by molar-refractivity contribution is 0.1000. The fourth-order valence-electron chi connectivity index (χ4n) is 2.41. The van der Waals surface area contributed by atoms with E-state index in [0.717, 1.165) is 16.1 Å². The molecule has 0 unspecified atom stereocenters. The Morgan fingerprint density at radius 3 is 2.50 bits per heavy atom. The SMILES string of the molecule is Cc1sc2nc(C)n(NC(=O)c3nn(C)c(C)c3Br)c(=O)c2c1C. The number of nitrogens with one attached hydrogen (secondary N) is 1. The molecule has 0 fully saturated rings. The van der Waals surface area contributed by atoms with Gasteiger partial charge in [0.15, 0.2) is 5.69 Å². The number of rotatable bonds is 2. The first-order valence-electron chi connectivity index (χ1n) is 7.22. The highest BCUT2D eigenvalue weighted by Gasteiger charge is 2.21. The number of amides is 1. The van der Waals surface area contributed by atoms with Crippen molar-refractivity contribution in [1.82, 2.24) is 19.4 Å². The Bertz CT molecular complexity index is 1050. The fraction of sp³-hybridized carbons (Fsp3) is 0.333. The van der Waals surface area contributed by atoms with Gasteiger partial charge in [0.1, 0.15) is 10.7 Å². The predicted molar refractivity (Wildman–Crippen MR) is 97.4 cm³/mol. The highest BCUT2D eigenvalue weighted by Crippen LogP contribution is 2.26. The number of hydrogen-bond donors (Lipinski definition) is 1. The highest BCUT2D eigenvalue weighted by atomic mass is 79.9. The van der Waals surface area contributed by atoms with Crippen molar-refractivity contribution in [1.29, 1.82) is 0 Å². The average molecular weight is 410 g/mol. The third kappa shape index (κ3) is 2.48. The van der Waals surface area contributed by atoms with E-state index in [1.807, 2.05) is 20.8 Å². The minimum atomic E-state index is -0.471. The van der Waals surface area contributed by atoms with Crippen molar-refractivity contribution in [2.75, 3.05) is 5.43 Å². The van der Waals surface area contributed by atoms with Crippen LogP contribution in [0.25, 0.3) is 10.2 Å². The minimum Gasteiger partial charge on any atom is -0.271 e. The van der Waals surface area contributed by atoms with Crippen molar-refractivity contribution < 1.29 is 4.79 Å². The zero-order valence-electron chi connectivity index (χ0n) is 13.9. The van der Waals surface area contributed by atoms with Gasteiger partial charge in [-0.05, 0) is 49.2 Å². The van der Waals surface area contributed by atoms with Gasteiger partial charge in [0, 0.05) is 11.9 Å². The molecule has 0 spiro atoms. The zero-order valence-corrected chi connectivity index (χ0v) is 16.3. The van der Waals surface area contributed by atoms with Gasteiger partial charge >= 0.3 is 0 Å². The standard InChI is InChI=1S/C15H16BrN5O2S/c1-6-8(3)24-14-10(6)15(23)21(9(4)17-14)19-13(22)12-11(16)7(2)20(5)18-12/h1-5H3,(H,19,22). The Morgan fingerprint density at radius 1 is 1.25 bits per heavy atom. The lowest BCUT2D eigenvalue weighted by atomic mass is 10.2. The summed E-state index contributed by atoms with van der Waals surface area (Å²) in [6.45, 7) is 7.37. The smallest absolute Gasteiger partial charge is 0.271 e. The van der Waals surface area contributed by atoms with Gasteiger partial charge in [-0.1, -0.05) is 0 Å². The van der Waals surface area contributed by atoms with Crippen LogP contribution in [-0.4, -0.2) is 25.3 Å². The van der Waals surface area contributed by atoms with Crippen molar-refractivity contribution in [3.8, 4) is 0 Å². The maximum Gasteiger partial charge on any atom is 0.291 e. The Hall–Kier alpha value is -2.00. The van der Waals surface area contributed by atoms with E-state index in [-0.39, 0.29) is 11.3 Å². The van der Waals surface area contributed by atoms with E-state index in [1.54, 1.807) is 18.7 Å². The molecule has 3 heterocycles. The van der Waals surface area contributed by atoms with Crippen LogP contribution in [0.15, 0.2) is 9.27 Å². The second-order valence-electron chi connectivity index (χ2n) is 5.58. The van der Waals surface area contributed by atoms with Gasteiger partial charge in [-0.15, -0.1) is 11.3 Å². The maximum absolute atomic E-state index is 12.8. The third-order valence-corrected chi connectivity index (χ3v) is 6.11. The quantitative estimate of drug-likeness (QED) is 0.704. The summed E-state index contributed by atoms with van der Waals surface area (Å²) in [5.74, 6) is -0.0487. The molecule has 0 bridgehead atoms. The number of hydrogen-bond acceptors (Lipinski definition) is 5. The maximum atomic E-state index is 12.8. The van der Waals surface area contributed by atoms with Crippen LogP contribution in [0.3, 0.4) is 0 Å². The number of nitrogens with zero attached hydrogens (tertiary/aromatic N) is 4. The monoisotopic (exact) mass is 409 g/mol. The van der Waals surface area contributed by atoms with Gasteiger partial charge < -0.3 is 0 Å². The van der Waals surface area contributed by atoms with Crippen LogP contribution in [0.4, 0.5) is 0 Å². The van der Waals surface area contributed by atoms with Crippen LogP contribution in [0.1, 0.15) is 32.4 Å². The molecule has 3 aromatic heterocycles. The van der Waals surface area contributed by atoms with E-state index in [0.29, 0.717) is 20.5 Å². The van der Waals surface area contributed by atoms with Crippen molar-refractivity contribution in [3.63, 3.8) is 0 Å². The number of aryl methyl sites for hydroxylation is 4. The first kappa shape index (κ1) is 16.8. The van der Waals surface area contributed by atoms with E-state index >= 15 is 0 Å². The molecule has 0 saturated heterocycles. The Morgan fingerprint density at radius 2 is 1.92 bits per heavy atom. The molecular weight excluding hydrogens is 394 g/mol. The first-order chi connectivity index (χ1) is 11.2. The number of carbonyl (C=O) groups excluding carboxylic acids is 1. The van der Waals surface area contributed by atoms with Gasteiger partial charge in [0.2, 0.25) is 0 Å². The van der Waals surface area contributed by atoms with Crippen molar-refractivity contribution >= 4 is 43.4 Å².